The number of carbonyl (C=O) groups excluding carboxylic acids is 1. The van der Waals surface area contributed by atoms with Crippen molar-refractivity contribution in [3.05, 3.63) is 74.6 Å². The number of nitrogens with one attached hydrogen (secondary N) is 1. The Hall–Kier alpha value is -2.79. The van der Waals surface area contributed by atoms with Gasteiger partial charge in [0.2, 0.25) is 5.76 Å². The van der Waals surface area contributed by atoms with Crippen molar-refractivity contribution in [1.82, 2.24) is 5.32 Å². The van der Waals surface area contributed by atoms with Crippen molar-refractivity contribution in [3.63, 3.8) is 0 Å². The van der Waals surface area contributed by atoms with E-state index in [0.29, 0.717) is 39.8 Å². The second kappa shape index (κ2) is 7.32. The fourth-order valence-corrected chi connectivity index (χ4v) is 3.50. The van der Waals surface area contributed by atoms with Gasteiger partial charge in [-0.25, -0.2) is 0 Å². The molecule has 4 rings (SSSR count). The number of rotatable bonds is 5. The smallest absolute Gasteiger partial charge is 0.288 e. The van der Waals surface area contributed by atoms with Gasteiger partial charge in [-0.1, -0.05) is 37.6 Å². The molecule has 0 radical (unpaired) electrons. The zero-order chi connectivity index (χ0) is 19.8. The normalized spacial score (nSPS) is 15.7. The molecule has 2 aromatic carbocycles. The molecule has 5 nitrogen and oxygen atoms in total. The minimum atomic E-state index is -0.587. The molecule has 1 aliphatic heterocycles. The molecule has 1 aromatic heterocycles. The SMILES string of the molecule is CC(C)CCOc1cccc(C2NC(=O)c3oc4ccc(Cl)cc4c(=O)c32)c1. The quantitative estimate of drug-likeness (QED) is 0.677. The van der Waals surface area contributed by atoms with Gasteiger partial charge in [0.25, 0.3) is 5.91 Å². The highest BCUT2D eigenvalue weighted by molar-refractivity contribution is 6.31. The van der Waals surface area contributed by atoms with Crippen molar-refractivity contribution in [2.24, 2.45) is 5.92 Å². The third kappa shape index (κ3) is 3.38. The molecular weight excluding hydrogens is 378 g/mol. The van der Waals surface area contributed by atoms with Gasteiger partial charge in [0.1, 0.15) is 11.3 Å². The van der Waals surface area contributed by atoms with Crippen LogP contribution in [0.2, 0.25) is 5.02 Å². The summed E-state index contributed by atoms with van der Waals surface area (Å²) in [5.74, 6) is 0.902. The standard InChI is InChI=1S/C22H20ClNO4/c1-12(2)8-9-27-15-5-3-4-13(10-15)19-18-20(25)16-11-14(23)6-7-17(16)28-21(18)22(26)24-19/h3-7,10-12,19H,8-9H2,1-2H3,(H,24,26). The Balaban J connectivity index is 1.74. The number of benzene rings is 2. The minimum absolute atomic E-state index is 0.0518. The molecule has 2 heterocycles. The Kier molecular flexibility index (Phi) is 4.85. The number of hydrogen-bond acceptors (Lipinski definition) is 4. The summed E-state index contributed by atoms with van der Waals surface area (Å²) in [6, 6.07) is 11.6. The first kappa shape index (κ1) is 18.6. The third-order valence-electron chi connectivity index (χ3n) is 4.81. The molecule has 0 fully saturated rings. The van der Waals surface area contributed by atoms with E-state index in [4.69, 9.17) is 20.8 Å². The number of ether oxygens (including phenoxy) is 1. The summed E-state index contributed by atoms with van der Waals surface area (Å²) in [6.07, 6.45) is 0.948. The molecule has 0 spiro atoms. The van der Waals surface area contributed by atoms with Crippen LogP contribution >= 0.6 is 11.6 Å². The number of amides is 1. The van der Waals surface area contributed by atoms with E-state index in [1.54, 1.807) is 18.2 Å². The minimum Gasteiger partial charge on any atom is -0.494 e. The lowest BCUT2D eigenvalue weighted by molar-refractivity contribution is 0.0938. The van der Waals surface area contributed by atoms with E-state index in [-0.39, 0.29) is 11.2 Å². The second-order valence-electron chi connectivity index (χ2n) is 7.32. The summed E-state index contributed by atoms with van der Waals surface area (Å²) >= 11 is 6.04. The van der Waals surface area contributed by atoms with Crippen molar-refractivity contribution in [3.8, 4) is 5.75 Å². The molecule has 0 aliphatic carbocycles. The first-order valence-electron chi connectivity index (χ1n) is 9.24. The van der Waals surface area contributed by atoms with Gasteiger partial charge in [-0.05, 0) is 48.2 Å². The van der Waals surface area contributed by atoms with Crippen LogP contribution in [-0.2, 0) is 0 Å². The lowest BCUT2D eigenvalue weighted by Gasteiger charge is -2.14. The number of hydrogen-bond donors (Lipinski definition) is 1. The Bertz CT molecular complexity index is 1120. The zero-order valence-corrected chi connectivity index (χ0v) is 16.4. The van der Waals surface area contributed by atoms with Crippen LogP contribution in [0.3, 0.4) is 0 Å². The van der Waals surface area contributed by atoms with Gasteiger partial charge in [0.15, 0.2) is 5.43 Å². The average Bonchev–Trinajstić information content (AvgIpc) is 2.99. The molecule has 0 saturated carbocycles. The van der Waals surface area contributed by atoms with Gasteiger partial charge in [0, 0.05) is 5.02 Å². The topological polar surface area (TPSA) is 68.5 Å². The van der Waals surface area contributed by atoms with Crippen molar-refractivity contribution in [1.29, 1.82) is 0 Å². The van der Waals surface area contributed by atoms with Crippen LogP contribution in [0.4, 0.5) is 0 Å². The third-order valence-corrected chi connectivity index (χ3v) is 5.05. The molecule has 144 valence electrons. The number of carbonyl (C=O) groups is 1. The predicted octanol–water partition coefficient (Wildman–Crippen LogP) is 4.70. The molecule has 1 unspecified atom stereocenters. The summed E-state index contributed by atoms with van der Waals surface area (Å²) in [6.45, 7) is 4.89. The Morgan fingerprint density at radius 2 is 2.00 bits per heavy atom. The van der Waals surface area contributed by atoms with Gasteiger partial charge < -0.3 is 14.5 Å². The highest BCUT2D eigenvalue weighted by atomic mass is 35.5. The Morgan fingerprint density at radius 3 is 2.79 bits per heavy atom. The van der Waals surface area contributed by atoms with Crippen LogP contribution in [0.15, 0.2) is 51.7 Å². The van der Waals surface area contributed by atoms with E-state index in [1.165, 1.54) is 0 Å². The second-order valence-corrected chi connectivity index (χ2v) is 7.76. The largest absolute Gasteiger partial charge is 0.494 e. The first-order chi connectivity index (χ1) is 13.4. The fraction of sp³-hybridized carbons (Fsp3) is 0.273. The summed E-state index contributed by atoms with van der Waals surface area (Å²) in [5.41, 5.74) is 1.16. The van der Waals surface area contributed by atoms with Crippen molar-refractivity contribution >= 4 is 28.5 Å². The van der Waals surface area contributed by atoms with Crippen molar-refractivity contribution in [2.75, 3.05) is 6.61 Å². The first-order valence-corrected chi connectivity index (χ1v) is 9.61. The van der Waals surface area contributed by atoms with E-state index in [0.717, 1.165) is 12.0 Å². The van der Waals surface area contributed by atoms with Crippen LogP contribution in [0.5, 0.6) is 5.75 Å². The molecule has 28 heavy (non-hydrogen) atoms. The molecule has 0 saturated heterocycles. The molecule has 0 bridgehead atoms. The molecule has 1 amide bonds. The molecular formula is C22H20ClNO4. The summed E-state index contributed by atoms with van der Waals surface area (Å²) < 4.78 is 11.5. The van der Waals surface area contributed by atoms with Gasteiger partial charge in [-0.15, -0.1) is 0 Å². The highest BCUT2D eigenvalue weighted by Gasteiger charge is 2.36. The van der Waals surface area contributed by atoms with Crippen LogP contribution in [0, 0.1) is 5.92 Å². The maximum atomic E-state index is 13.1. The van der Waals surface area contributed by atoms with Crippen LogP contribution in [-0.4, -0.2) is 12.5 Å². The fourth-order valence-electron chi connectivity index (χ4n) is 3.33. The maximum Gasteiger partial charge on any atom is 0.288 e. The van der Waals surface area contributed by atoms with Gasteiger partial charge in [0.05, 0.1) is 23.6 Å². The highest BCUT2D eigenvalue weighted by Crippen LogP contribution is 2.32. The molecule has 1 atom stereocenters. The maximum absolute atomic E-state index is 13.1. The van der Waals surface area contributed by atoms with E-state index in [9.17, 15) is 9.59 Å². The van der Waals surface area contributed by atoms with E-state index >= 15 is 0 Å². The lowest BCUT2D eigenvalue weighted by Crippen LogP contribution is -2.22. The average molecular weight is 398 g/mol. The number of fused-ring (bicyclic) bond motifs is 2. The van der Waals surface area contributed by atoms with Crippen LogP contribution < -0.4 is 15.5 Å². The lowest BCUT2D eigenvalue weighted by atomic mass is 9.99. The van der Waals surface area contributed by atoms with Gasteiger partial charge in [-0.2, -0.15) is 0 Å². The van der Waals surface area contributed by atoms with Gasteiger partial charge >= 0.3 is 0 Å². The zero-order valence-electron chi connectivity index (χ0n) is 15.6. The van der Waals surface area contributed by atoms with Gasteiger partial charge in [-0.3, -0.25) is 9.59 Å². The Morgan fingerprint density at radius 1 is 1.18 bits per heavy atom. The molecule has 3 aromatic rings. The van der Waals surface area contributed by atoms with Crippen LogP contribution in [0.1, 0.15) is 48.0 Å². The summed E-state index contributed by atoms with van der Waals surface area (Å²) in [7, 11) is 0. The Labute approximate surface area is 167 Å². The molecule has 1 N–H and O–H groups in total. The van der Waals surface area contributed by atoms with Crippen molar-refractivity contribution < 1.29 is 13.9 Å². The van der Waals surface area contributed by atoms with E-state index < -0.39 is 11.9 Å². The monoisotopic (exact) mass is 397 g/mol. The van der Waals surface area contributed by atoms with Crippen LogP contribution in [0.25, 0.3) is 11.0 Å². The van der Waals surface area contributed by atoms with E-state index in [1.807, 2.05) is 24.3 Å². The van der Waals surface area contributed by atoms with Crippen molar-refractivity contribution in [2.45, 2.75) is 26.3 Å². The number of halogens is 1. The molecule has 6 heteroatoms. The predicted molar refractivity (Wildman–Crippen MR) is 108 cm³/mol. The van der Waals surface area contributed by atoms with E-state index in [2.05, 4.69) is 19.2 Å². The summed E-state index contributed by atoms with van der Waals surface area (Å²) in [4.78, 5) is 25.5. The summed E-state index contributed by atoms with van der Waals surface area (Å²) in [5, 5.41) is 3.64. The molecule has 1 aliphatic rings.